The highest BCUT2D eigenvalue weighted by Gasteiger charge is 2.21. The van der Waals surface area contributed by atoms with E-state index in [4.69, 9.17) is 9.47 Å². The van der Waals surface area contributed by atoms with E-state index >= 15 is 0 Å². The number of ether oxygens (including phenoxy) is 2. The number of aliphatic hydroxyl groups excluding tert-OH is 1. The zero-order valence-corrected chi connectivity index (χ0v) is 13.2. The molecule has 4 nitrogen and oxygen atoms in total. The Balaban J connectivity index is 1.67. The van der Waals surface area contributed by atoms with Crippen LogP contribution in [0.15, 0.2) is 24.3 Å². The number of hydrogen-bond acceptors (Lipinski definition) is 4. The third-order valence-electron chi connectivity index (χ3n) is 4.00. The number of methoxy groups -OCH3 is 1. The van der Waals surface area contributed by atoms with Crippen molar-refractivity contribution in [1.82, 2.24) is 4.90 Å². The first-order valence-corrected chi connectivity index (χ1v) is 7.89. The van der Waals surface area contributed by atoms with E-state index in [0.717, 1.165) is 26.1 Å². The first-order valence-electron chi connectivity index (χ1n) is 7.89. The largest absolute Gasteiger partial charge is 0.389 e. The van der Waals surface area contributed by atoms with Crippen molar-refractivity contribution < 1.29 is 19.0 Å². The molecule has 2 atom stereocenters. The molecule has 2 rings (SSSR count). The monoisotopic (exact) mass is 311 g/mol. The predicted octanol–water partition coefficient (Wildman–Crippen LogP) is 2.06. The van der Waals surface area contributed by atoms with Crippen LogP contribution in [0.5, 0.6) is 0 Å². The van der Waals surface area contributed by atoms with Gasteiger partial charge in [-0.25, -0.2) is 4.39 Å². The van der Waals surface area contributed by atoms with Crippen LogP contribution < -0.4 is 0 Å². The van der Waals surface area contributed by atoms with Gasteiger partial charge in [-0.3, -0.25) is 0 Å². The zero-order chi connectivity index (χ0) is 15.8. The molecule has 0 bridgehead atoms. The first kappa shape index (κ1) is 17.3. The fraction of sp³-hybridized carbons (Fsp3) is 0.647. The Labute approximate surface area is 131 Å². The predicted molar refractivity (Wildman–Crippen MR) is 83.1 cm³/mol. The van der Waals surface area contributed by atoms with Gasteiger partial charge in [-0.05, 0) is 31.4 Å². The van der Waals surface area contributed by atoms with Crippen LogP contribution in [0.2, 0.25) is 0 Å². The summed E-state index contributed by atoms with van der Waals surface area (Å²) in [6.07, 6.45) is 1.77. The number of benzene rings is 1. The molecule has 1 aromatic rings. The molecule has 0 amide bonds. The van der Waals surface area contributed by atoms with Gasteiger partial charge in [0.1, 0.15) is 5.82 Å². The van der Waals surface area contributed by atoms with Crippen molar-refractivity contribution in [3.63, 3.8) is 0 Å². The van der Waals surface area contributed by atoms with Crippen molar-refractivity contribution >= 4 is 0 Å². The van der Waals surface area contributed by atoms with Crippen molar-refractivity contribution in [3.8, 4) is 0 Å². The maximum Gasteiger partial charge on any atom is 0.128 e. The summed E-state index contributed by atoms with van der Waals surface area (Å²) in [5, 5.41) is 10.1. The second-order valence-electron chi connectivity index (χ2n) is 5.98. The second kappa shape index (κ2) is 9.20. The van der Waals surface area contributed by atoms with E-state index in [-0.39, 0.29) is 19.0 Å². The third kappa shape index (κ3) is 5.65. The molecule has 22 heavy (non-hydrogen) atoms. The molecule has 0 radical (unpaired) electrons. The molecule has 2 unspecified atom stereocenters. The standard InChI is InChI=1S/C17H26FNO3/c1-21-11-14-5-4-8-19(9-14)10-16(20)13-22-12-15-6-2-3-7-17(15)18/h2-3,6-7,14,16,20H,4-5,8-13H2,1H3. The molecule has 1 aromatic carbocycles. The number of likely N-dealkylation sites (tertiary alicyclic amines) is 1. The summed E-state index contributed by atoms with van der Waals surface area (Å²) in [6.45, 7) is 3.74. The summed E-state index contributed by atoms with van der Waals surface area (Å²) in [5.41, 5.74) is 0.521. The quantitative estimate of drug-likeness (QED) is 0.798. The summed E-state index contributed by atoms with van der Waals surface area (Å²) in [6, 6.07) is 6.54. The molecule has 1 fully saturated rings. The molecule has 0 spiro atoms. The average molecular weight is 311 g/mol. The fourth-order valence-corrected chi connectivity index (χ4v) is 2.96. The van der Waals surface area contributed by atoms with E-state index < -0.39 is 6.10 Å². The Morgan fingerprint density at radius 1 is 1.41 bits per heavy atom. The highest BCUT2D eigenvalue weighted by atomic mass is 19.1. The van der Waals surface area contributed by atoms with Crippen molar-refractivity contribution in [2.75, 3.05) is 40.0 Å². The van der Waals surface area contributed by atoms with E-state index in [2.05, 4.69) is 4.90 Å². The van der Waals surface area contributed by atoms with Gasteiger partial charge in [-0.2, -0.15) is 0 Å². The molecule has 0 aromatic heterocycles. The Morgan fingerprint density at radius 2 is 2.23 bits per heavy atom. The van der Waals surface area contributed by atoms with E-state index in [1.807, 2.05) is 0 Å². The van der Waals surface area contributed by atoms with Gasteiger partial charge in [0, 0.05) is 25.8 Å². The molecule has 1 heterocycles. The van der Waals surface area contributed by atoms with Crippen molar-refractivity contribution in [3.05, 3.63) is 35.6 Å². The molecule has 0 aliphatic carbocycles. The Morgan fingerprint density at radius 3 is 3.00 bits per heavy atom. The number of aliphatic hydroxyl groups is 1. The fourth-order valence-electron chi connectivity index (χ4n) is 2.96. The summed E-state index contributed by atoms with van der Waals surface area (Å²) < 4.78 is 24.1. The molecular weight excluding hydrogens is 285 g/mol. The number of halogens is 1. The van der Waals surface area contributed by atoms with Crippen LogP contribution in [0.25, 0.3) is 0 Å². The number of piperidine rings is 1. The van der Waals surface area contributed by atoms with Gasteiger partial charge >= 0.3 is 0 Å². The van der Waals surface area contributed by atoms with Crippen molar-refractivity contribution in [1.29, 1.82) is 0 Å². The average Bonchev–Trinajstić information content (AvgIpc) is 2.50. The summed E-state index contributed by atoms with van der Waals surface area (Å²) in [5.74, 6) is 0.278. The lowest BCUT2D eigenvalue weighted by Crippen LogP contribution is -2.42. The maximum absolute atomic E-state index is 13.4. The van der Waals surface area contributed by atoms with Gasteiger partial charge in [0.2, 0.25) is 0 Å². The number of hydrogen-bond donors (Lipinski definition) is 1. The van der Waals surface area contributed by atoms with Crippen LogP contribution in [0.3, 0.4) is 0 Å². The third-order valence-corrected chi connectivity index (χ3v) is 4.00. The van der Waals surface area contributed by atoms with Gasteiger partial charge in [0.05, 0.1) is 25.9 Å². The molecule has 1 N–H and O–H groups in total. The molecular formula is C17H26FNO3. The van der Waals surface area contributed by atoms with Gasteiger partial charge < -0.3 is 19.5 Å². The molecule has 5 heteroatoms. The Kier molecular flexibility index (Phi) is 7.25. The van der Waals surface area contributed by atoms with E-state index in [1.54, 1.807) is 25.3 Å². The summed E-state index contributed by atoms with van der Waals surface area (Å²) in [4.78, 5) is 2.25. The highest BCUT2D eigenvalue weighted by Crippen LogP contribution is 2.17. The molecule has 1 aliphatic heterocycles. The smallest absolute Gasteiger partial charge is 0.128 e. The minimum atomic E-state index is -0.548. The normalized spacial score (nSPS) is 21.0. The second-order valence-corrected chi connectivity index (χ2v) is 5.98. The van der Waals surface area contributed by atoms with E-state index in [1.165, 1.54) is 12.5 Å². The van der Waals surface area contributed by atoms with Gasteiger partial charge in [-0.15, -0.1) is 0 Å². The number of rotatable bonds is 8. The first-order chi connectivity index (χ1) is 10.7. The topological polar surface area (TPSA) is 41.9 Å². The summed E-state index contributed by atoms with van der Waals surface area (Å²) in [7, 11) is 1.73. The molecule has 1 aliphatic rings. The molecule has 0 saturated carbocycles. The van der Waals surface area contributed by atoms with Crippen LogP contribution in [0.1, 0.15) is 18.4 Å². The van der Waals surface area contributed by atoms with Crippen LogP contribution in [0, 0.1) is 11.7 Å². The van der Waals surface area contributed by atoms with Crippen LogP contribution in [-0.4, -0.2) is 56.1 Å². The zero-order valence-electron chi connectivity index (χ0n) is 13.2. The van der Waals surface area contributed by atoms with Crippen molar-refractivity contribution in [2.24, 2.45) is 5.92 Å². The molecule has 1 saturated heterocycles. The van der Waals surface area contributed by atoms with Crippen molar-refractivity contribution in [2.45, 2.75) is 25.6 Å². The number of nitrogens with zero attached hydrogens (tertiary/aromatic N) is 1. The highest BCUT2D eigenvalue weighted by molar-refractivity contribution is 5.16. The minimum Gasteiger partial charge on any atom is -0.389 e. The van der Waals surface area contributed by atoms with Gasteiger partial charge in [0.25, 0.3) is 0 Å². The van der Waals surface area contributed by atoms with Gasteiger partial charge in [-0.1, -0.05) is 18.2 Å². The Bertz CT molecular complexity index is 442. The van der Waals surface area contributed by atoms with Crippen LogP contribution >= 0.6 is 0 Å². The number of β-amino-alcohol motifs (C(OH)–C–C–N with tert-alkyl or cyclic N) is 1. The lowest BCUT2D eigenvalue weighted by atomic mass is 9.99. The minimum absolute atomic E-state index is 0.191. The SMILES string of the molecule is COCC1CCCN(CC(O)COCc2ccccc2F)C1. The summed E-state index contributed by atoms with van der Waals surface area (Å²) >= 11 is 0. The lowest BCUT2D eigenvalue weighted by Gasteiger charge is -2.33. The maximum atomic E-state index is 13.4. The Hall–Kier alpha value is -1.01. The van der Waals surface area contributed by atoms with E-state index in [9.17, 15) is 9.50 Å². The van der Waals surface area contributed by atoms with Crippen LogP contribution in [0.4, 0.5) is 4.39 Å². The van der Waals surface area contributed by atoms with Gasteiger partial charge in [0.15, 0.2) is 0 Å². The lowest BCUT2D eigenvalue weighted by molar-refractivity contribution is -0.00216. The van der Waals surface area contributed by atoms with E-state index in [0.29, 0.717) is 18.0 Å². The molecule has 124 valence electrons. The van der Waals surface area contributed by atoms with Crippen LogP contribution in [-0.2, 0) is 16.1 Å².